The summed E-state index contributed by atoms with van der Waals surface area (Å²) in [6.07, 6.45) is 6.92. The van der Waals surface area contributed by atoms with Gasteiger partial charge >= 0.3 is 0 Å². The van der Waals surface area contributed by atoms with E-state index < -0.39 is 0 Å². The summed E-state index contributed by atoms with van der Waals surface area (Å²) >= 11 is 0. The first-order valence-electron chi connectivity index (χ1n) is 5.50. The lowest BCUT2D eigenvalue weighted by Crippen LogP contribution is -2.09. The fraction of sp³-hybridized carbons (Fsp3) is 0.364. The lowest BCUT2D eigenvalue weighted by atomic mass is 10.2. The van der Waals surface area contributed by atoms with Gasteiger partial charge in [-0.15, -0.1) is 6.58 Å². The van der Waals surface area contributed by atoms with Gasteiger partial charge in [-0.1, -0.05) is 6.08 Å². The molecule has 0 saturated carbocycles. The molecule has 88 valence electrons. The summed E-state index contributed by atoms with van der Waals surface area (Å²) in [7, 11) is 0. The van der Waals surface area contributed by atoms with E-state index >= 15 is 0 Å². The third-order valence-electron chi connectivity index (χ3n) is 2.99. The molecule has 0 unspecified atom stereocenters. The second-order valence-corrected chi connectivity index (χ2v) is 4.03. The molecule has 0 radical (unpaired) electrons. The second kappa shape index (κ2) is 3.81. The Bertz CT molecular complexity index is 564. The molecule has 0 aromatic carbocycles. The second-order valence-electron chi connectivity index (χ2n) is 4.03. The van der Waals surface area contributed by atoms with Crippen molar-refractivity contribution in [2.75, 3.05) is 5.73 Å². The van der Waals surface area contributed by atoms with Gasteiger partial charge in [-0.3, -0.25) is 4.57 Å². The first-order chi connectivity index (χ1) is 8.29. The number of hydrogen-bond donors (Lipinski definition) is 1. The Morgan fingerprint density at radius 1 is 1.41 bits per heavy atom. The van der Waals surface area contributed by atoms with Crippen LogP contribution in [0.15, 0.2) is 25.3 Å². The molecule has 1 aliphatic heterocycles. The molecule has 6 nitrogen and oxygen atoms in total. The Morgan fingerprint density at radius 3 is 3.06 bits per heavy atom. The Hall–Kier alpha value is -1.95. The smallest absolute Gasteiger partial charge is 0.167 e. The van der Waals surface area contributed by atoms with Gasteiger partial charge in [0.15, 0.2) is 11.5 Å². The van der Waals surface area contributed by atoms with E-state index in [0.717, 1.165) is 12.8 Å². The van der Waals surface area contributed by atoms with Crippen LogP contribution >= 0.6 is 0 Å². The third kappa shape index (κ3) is 1.57. The standard InChI is InChI=1S/C11H13N5O/c1-2-7-3-4-8(17-7)16-6-15-9-10(12)13-5-14-11(9)16/h2,5-8H,1,3-4H2,(H2,12,13,14)/t7-,8-/m1/s1. The van der Waals surface area contributed by atoms with Gasteiger partial charge in [0, 0.05) is 0 Å². The van der Waals surface area contributed by atoms with Gasteiger partial charge in [0.2, 0.25) is 0 Å². The molecule has 6 heteroatoms. The van der Waals surface area contributed by atoms with Crippen LogP contribution in [0.1, 0.15) is 19.1 Å². The summed E-state index contributed by atoms with van der Waals surface area (Å²) < 4.78 is 7.71. The maximum Gasteiger partial charge on any atom is 0.167 e. The lowest BCUT2D eigenvalue weighted by molar-refractivity contribution is 0.0260. The number of nitrogens with zero attached hydrogens (tertiary/aromatic N) is 4. The molecule has 3 rings (SSSR count). The first kappa shape index (κ1) is 10.2. The normalized spacial score (nSPS) is 24.2. The van der Waals surface area contributed by atoms with Crippen molar-refractivity contribution in [3.8, 4) is 0 Å². The first-order valence-corrected chi connectivity index (χ1v) is 5.50. The molecule has 1 fully saturated rings. The van der Waals surface area contributed by atoms with Crippen LogP contribution in [0.3, 0.4) is 0 Å². The van der Waals surface area contributed by atoms with Crippen LogP contribution in [0.5, 0.6) is 0 Å². The summed E-state index contributed by atoms with van der Waals surface area (Å²) in [6, 6.07) is 0. The number of ether oxygens (including phenoxy) is 1. The van der Waals surface area contributed by atoms with Crippen molar-refractivity contribution >= 4 is 17.0 Å². The molecule has 0 spiro atoms. The van der Waals surface area contributed by atoms with Crippen LogP contribution in [-0.2, 0) is 4.74 Å². The van der Waals surface area contributed by atoms with Gasteiger partial charge in [0.05, 0.1) is 12.4 Å². The number of aromatic nitrogens is 4. The number of fused-ring (bicyclic) bond motifs is 1. The zero-order valence-corrected chi connectivity index (χ0v) is 9.28. The molecule has 1 saturated heterocycles. The molecule has 2 N–H and O–H groups in total. The van der Waals surface area contributed by atoms with Crippen LogP contribution in [0.2, 0.25) is 0 Å². The van der Waals surface area contributed by atoms with Crippen LogP contribution in [0.25, 0.3) is 11.2 Å². The maximum absolute atomic E-state index is 5.81. The van der Waals surface area contributed by atoms with Gasteiger partial charge in [-0.2, -0.15) is 0 Å². The Morgan fingerprint density at radius 2 is 2.29 bits per heavy atom. The summed E-state index contributed by atoms with van der Waals surface area (Å²) in [5, 5.41) is 0. The monoisotopic (exact) mass is 231 g/mol. The predicted octanol–water partition coefficient (Wildman–Crippen LogP) is 1.27. The molecule has 2 atom stereocenters. The number of nitrogen functional groups attached to an aromatic ring is 1. The largest absolute Gasteiger partial charge is 0.382 e. The highest BCUT2D eigenvalue weighted by Crippen LogP contribution is 2.31. The molecule has 0 bridgehead atoms. The highest BCUT2D eigenvalue weighted by molar-refractivity contribution is 5.81. The fourth-order valence-electron chi connectivity index (χ4n) is 2.10. The van der Waals surface area contributed by atoms with Crippen molar-refractivity contribution < 1.29 is 4.74 Å². The molecular weight excluding hydrogens is 218 g/mol. The highest BCUT2D eigenvalue weighted by Gasteiger charge is 2.26. The Balaban J connectivity index is 2.01. The molecule has 2 aromatic rings. The summed E-state index contributed by atoms with van der Waals surface area (Å²) in [6.45, 7) is 3.74. The Labute approximate surface area is 98.1 Å². The topological polar surface area (TPSA) is 78.9 Å². The van der Waals surface area contributed by atoms with Crippen LogP contribution in [0.4, 0.5) is 5.82 Å². The minimum absolute atomic E-state index is 0.0442. The van der Waals surface area contributed by atoms with E-state index in [0.29, 0.717) is 17.0 Å². The number of imidazole rings is 1. The van der Waals surface area contributed by atoms with Crippen molar-refractivity contribution in [3.05, 3.63) is 25.3 Å². The molecule has 17 heavy (non-hydrogen) atoms. The van der Waals surface area contributed by atoms with E-state index in [2.05, 4.69) is 21.5 Å². The lowest BCUT2D eigenvalue weighted by Gasteiger charge is -2.13. The predicted molar refractivity (Wildman–Crippen MR) is 63.1 cm³/mol. The van der Waals surface area contributed by atoms with Crippen molar-refractivity contribution in [2.45, 2.75) is 25.2 Å². The molecule has 3 heterocycles. The molecule has 0 aliphatic carbocycles. The van der Waals surface area contributed by atoms with Gasteiger partial charge in [-0.05, 0) is 12.8 Å². The Kier molecular flexibility index (Phi) is 2.29. The van der Waals surface area contributed by atoms with Crippen LogP contribution < -0.4 is 5.73 Å². The molecule has 0 amide bonds. The number of anilines is 1. The highest BCUT2D eigenvalue weighted by atomic mass is 16.5. The molecule has 2 aromatic heterocycles. The van der Waals surface area contributed by atoms with Gasteiger partial charge in [0.1, 0.15) is 18.1 Å². The van der Waals surface area contributed by atoms with E-state index in [1.54, 1.807) is 6.33 Å². The minimum Gasteiger partial charge on any atom is -0.382 e. The quantitative estimate of drug-likeness (QED) is 0.787. The van der Waals surface area contributed by atoms with E-state index in [-0.39, 0.29) is 12.3 Å². The zero-order chi connectivity index (χ0) is 11.8. The van der Waals surface area contributed by atoms with E-state index in [4.69, 9.17) is 10.5 Å². The van der Waals surface area contributed by atoms with Gasteiger partial charge in [-0.25, -0.2) is 15.0 Å². The molecular formula is C11H13N5O. The average Bonchev–Trinajstić information content (AvgIpc) is 2.94. The SMILES string of the molecule is C=C[C@@H]1CC[C@H](n2cnc3c(N)ncnc32)O1. The summed E-state index contributed by atoms with van der Waals surface area (Å²) in [5.74, 6) is 0.395. The fourth-order valence-corrected chi connectivity index (χ4v) is 2.10. The maximum atomic E-state index is 5.81. The third-order valence-corrected chi connectivity index (χ3v) is 2.99. The minimum atomic E-state index is -0.0442. The number of rotatable bonds is 2. The van der Waals surface area contributed by atoms with Gasteiger partial charge in [0.25, 0.3) is 0 Å². The zero-order valence-electron chi connectivity index (χ0n) is 9.28. The average molecular weight is 231 g/mol. The number of nitrogens with two attached hydrogens (primary N) is 1. The van der Waals surface area contributed by atoms with E-state index in [1.807, 2.05) is 10.6 Å². The summed E-state index contributed by atoms with van der Waals surface area (Å²) in [4.78, 5) is 12.3. The van der Waals surface area contributed by atoms with Crippen molar-refractivity contribution in [3.63, 3.8) is 0 Å². The number of hydrogen-bond acceptors (Lipinski definition) is 5. The van der Waals surface area contributed by atoms with Crippen molar-refractivity contribution in [1.29, 1.82) is 0 Å². The van der Waals surface area contributed by atoms with Crippen LogP contribution in [-0.4, -0.2) is 25.6 Å². The molecule has 1 aliphatic rings. The van der Waals surface area contributed by atoms with E-state index in [9.17, 15) is 0 Å². The van der Waals surface area contributed by atoms with Crippen molar-refractivity contribution in [1.82, 2.24) is 19.5 Å². The van der Waals surface area contributed by atoms with Crippen molar-refractivity contribution in [2.24, 2.45) is 0 Å². The van der Waals surface area contributed by atoms with Gasteiger partial charge < -0.3 is 10.5 Å². The summed E-state index contributed by atoms with van der Waals surface area (Å²) in [5.41, 5.74) is 7.08. The van der Waals surface area contributed by atoms with E-state index in [1.165, 1.54) is 6.33 Å². The van der Waals surface area contributed by atoms with Crippen LogP contribution in [0, 0.1) is 0 Å².